The number of esters is 2. The molecule has 1 aromatic rings. The van der Waals surface area contributed by atoms with E-state index < -0.39 is 54.5 Å². The molecule has 1 aliphatic rings. The Morgan fingerprint density at radius 3 is 2.76 bits per heavy atom. The van der Waals surface area contributed by atoms with E-state index in [0.717, 1.165) is 4.57 Å². The third-order valence-corrected chi connectivity index (χ3v) is 3.66. The minimum absolute atomic E-state index is 0.0844. The van der Waals surface area contributed by atoms with Crippen LogP contribution in [0.2, 0.25) is 0 Å². The Kier molecular flexibility index (Phi) is 7.16. The summed E-state index contributed by atoms with van der Waals surface area (Å²) in [5.41, 5.74) is 0.898. The van der Waals surface area contributed by atoms with Crippen LogP contribution in [0.1, 0.15) is 12.6 Å². The molecule has 0 radical (unpaired) electrons. The van der Waals surface area contributed by atoms with E-state index in [2.05, 4.69) is 16.3 Å². The van der Waals surface area contributed by atoms with Crippen LogP contribution >= 0.6 is 0 Å². The monoisotopic (exact) mass is 413 g/mol. The van der Waals surface area contributed by atoms with Crippen LogP contribution in [-0.4, -0.2) is 56.6 Å². The number of ether oxygens (including phenoxy) is 3. The SMILES string of the molecule is C=C(F)C(=O)OC[C@H]1O[C@@H](n2ccc(NO)nc2=O)C[C@@H]1OC(=O)/C=C\C(=O)O. The molecule has 0 amide bonds. The van der Waals surface area contributed by atoms with Gasteiger partial charge in [-0.2, -0.15) is 9.37 Å². The third-order valence-electron chi connectivity index (χ3n) is 3.66. The lowest BCUT2D eigenvalue weighted by Gasteiger charge is -2.18. The summed E-state index contributed by atoms with van der Waals surface area (Å²) in [7, 11) is 0. The molecule has 3 N–H and O–H groups in total. The van der Waals surface area contributed by atoms with Crippen LogP contribution in [0, 0.1) is 0 Å². The first-order valence-electron chi connectivity index (χ1n) is 7.99. The van der Waals surface area contributed by atoms with Crippen molar-refractivity contribution >= 4 is 23.7 Å². The highest BCUT2D eigenvalue weighted by Gasteiger charge is 2.40. The topological polar surface area (TPSA) is 166 Å². The number of aliphatic carboxylic acids is 1. The zero-order valence-electron chi connectivity index (χ0n) is 14.7. The highest BCUT2D eigenvalue weighted by Crippen LogP contribution is 2.30. The van der Waals surface area contributed by atoms with Crippen LogP contribution in [0.15, 0.2) is 41.6 Å². The molecule has 0 unspecified atom stereocenters. The lowest BCUT2D eigenvalue weighted by molar-refractivity contribution is -0.153. The molecule has 1 saturated heterocycles. The maximum absolute atomic E-state index is 12.8. The molecule has 0 aliphatic carbocycles. The maximum atomic E-state index is 12.8. The van der Waals surface area contributed by atoms with Gasteiger partial charge in [0.15, 0.2) is 5.82 Å². The van der Waals surface area contributed by atoms with Gasteiger partial charge in [-0.3, -0.25) is 15.3 Å². The van der Waals surface area contributed by atoms with Gasteiger partial charge in [0, 0.05) is 24.8 Å². The van der Waals surface area contributed by atoms with Gasteiger partial charge in [0.1, 0.15) is 25.0 Å². The Morgan fingerprint density at radius 2 is 2.17 bits per heavy atom. The molecule has 156 valence electrons. The fourth-order valence-electron chi connectivity index (χ4n) is 2.40. The van der Waals surface area contributed by atoms with Gasteiger partial charge in [-0.05, 0) is 6.07 Å². The number of carboxylic acids is 1. The number of halogens is 1. The van der Waals surface area contributed by atoms with Gasteiger partial charge < -0.3 is 19.3 Å². The van der Waals surface area contributed by atoms with Crippen LogP contribution < -0.4 is 11.2 Å². The van der Waals surface area contributed by atoms with E-state index in [-0.39, 0.29) is 12.2 Å². The van der Waals surface area contributed by atoms with E-state index in [1.807, 2.05) is 0 Å². The Hall–Kier alpha value is -3.58. The van der Waals surface area contributed by atoms with Crippen LogP contribution in [0.5, 0.6) is 0 Å². The minimum Gasteiger partial charge on any atom is -0.478 e. The molecule has 0 aromatic carbocycles. The van der Waals surface area contributed by atoms with Gasteiger partial charge >= 0.3 is 23.6 Å². The Morgan fingerprint density at radius 1 is 1.45 bits per heavy atom. The summed E-state index contributed by atoms with van der Waals surface area (Å²) in [6, 6.07) is 1.27. The fourth-order valence-corrected chi connectivity index (χ4v) is 2.40. The zero-order valence-corrected chi connectivity index (χ0v) is 14.7. The maximum Gasteiger partial charge on any atom is 0.366 e. The van der Waals surface area contributed by atoms with Crippen molar-refractivity contribution in [3.63, 3.8) is 0 Å². The average molecular weight is 413 g/mol. The molecule has 2 heterocycles. The van der Waals surface area contributed by atoms with Crippen LogP contribution in [0.3, 0.4) is 0 Å². The van der Waals surface area contributed by atoms with Gasteiger partial charge in [-0.15, -0.1) is 0 Å². The van der Waals surface area contributed by atoms with Gasteiger partial charge in [-0.1, -0.05) is 6.58 Å². The average Bonchev–Trinajstić information content (AvgIpc) is 3.06. The van der Waals surface area contributed by atoms with E-state index in [9.17, 15) is 23.6 Å². The number of carbonyl (C=O) groups is 3. The van der Waals surface area contributed by atoms with Gasteiger partial charge in [0.05, 0.1) is 0 Å². The molecular weight excluding hydrogens is 397 g/mol. The third kappa shape index (κ3) is 5.95. The second-order valence-corrected chi connectivity index (χ2v) is 5.63. The summed E-state index contributed by atoms with van der Waals surface area (Å²) >= 11 is 0. The zero-order chi connectivity index (χ0) is 21.6. The molecule has 13 heteroatoms. The number of carboxylic acid groups (broad SMARTS) is 1. The Labute approximate surface area is 161 Å². The summed E-state index contributed by atoms with van der Waals surface area (Å²) in [6.07, 6.45) is -0.758. The summed E-state index contributed by atoms with van der Waals surface area (Å²) in [5.74, 6) is -5.18. The summed E-state index contributed by atoms with van der Waals surface area (Å²) < 4.78 is 29.1. The number of nitrogens with one attached hydrogen (secondary N) is 1. The molecule has 0 bridgehead atoms. The summed E-state index contributed by atoms with van der Waals surface area (Å²) in [6.45, 7) is 2.26. The fraction of sp³-hybridized carbons (Fsp3) is 0.312. The molecule has 12 nitrogen and oxygen atoms in total. The van der Waals surface area contributed by atoms with Crippen LogP contribution in [-0.2, 0) is 28.6 Å². The molecular formula is C16H16FN3O9. The van der Waals surface area contributed by atoms with Crippen LogP contribution in [0.4, 0.5) is 10.2 Å². The highest BCUT2D eigenvalue weighted by molar-refractivity contribution is 5.90. The summed E-state index contributed by atoms with van der Waals surface area (Å²) in [4.78, 5) is 49.1. The second kappa shape index (κ2) is 9.57. The first kappa shape index (κ1) is 21.7. The highest BCUT2D eigenvalue weighted by atomic mass is 19.1. The van der Waals surface area contributed by atoms with Crippen molar-refractivity contribution in [2.45, 2.75) is 24.9 Å². The molecule has 0 spiro atoms. The molecule has 1 aliphatic heterocycles. The van der Waals surface area contributed by atoms with E-state index in [1.54, 1.807) is 5.48 Å². The minimum atomic E-state index is -1.37. The van der Waals surface area contributed by atoms with Crippen molar-refractivity contribution < 1.29 is 43.3 Å². The number of aromatic nitrogens is 2. The quantitative estimate of drug-likeness (QED) is 0.296. The van der Waals surface area contributed by atoms with E-state index in [0.29, 0.717) is 12.2 Å². The standard InChI is InChI=1S/C16H16FN3O9/c1-8(17)15(24)27-7-10-9(29-14(23)3-2-13(21)22)6-12(28-10)20-5-4-11(19-26)18-16(20)25/h2-5,9-10,12,26H,1,6-7H2,(H,21,22)(H,18,19,25)/b3-2-/t9-,10+,12+/m0/s1. The Balaban J connectivity index is 2.17. The second-order valence-electron chi connectivity index (χ2n) is 5.63. The van der Waals surface area contributed by atoms with Crippen molar-refractivity contribution in [3.8, 4) is 0 Å². The van der Waals surface area contributed by atoms with Crippen molar-refractivity contribution in [2.24, 2.45) is 0 Å². The number of anilines is 1. The number of nitrogens with zero attached hydrogens (tertiary/aromatic N) is 2. The van der Waals surface area contributed by atoms with Crippen molar-refractivity contribution in [2.75, 3.05) is 12.1 Å². The van der Waals surface area contributed by atoms with Crippen molar-refractivity contribution in [3.05, 3.63) is 47.3 Å². The lowest BCUT2D eigenvalue weighted by atomic mass is 10.2. The molecule has 0 saturated carbocycles. The van der Waals surface area contributed by atoms with Crippen LogP contribution in [0.25, 0.3) is 0 Å². The van der Waals surface area contributed by atoms with E-state index >= 15 is 0 Å². The van der Waals surface area contributed by atoms with Gasteiger partial charge in [-0.25, -0.2) is 19.2 Å². The predicted molar refractivity (Wildman–Crippen MR) is 90.3 cm³/mol. The largest absolute Gasteiger partial charge is 0.478 e. The predicted octanol–water partition coefficient (Wildman–Crippen LogP) is -0.0891. The molecule has 2 rings (SSSR count). The Bertz CT molecular complexity index is 898. The number of rotatable bonds is 8. The first-order chi connectivity index (χ1) is 13.7. The van der Waals surface area contributed by atoms with E-state index in [1.165, 1.54) is 12.3 Å². The molecule has 1 fully saturated rings. The number of hydrogen-bond acceptors (Lipinski definition) is 10. The molecule has 3 atom stereocenters. The van der Waals surface area contributed by atoms with Crippen molar-refractivity contribution in [1.82, 2.24) is 9.55 Å². The molecule has 1 aromatic heterocycles. The number of carbonyl (C=O) groups excluding carboxylic acids is 2. The van der Waals surface area contributed by atoms with Gasteiger partial charge in [0.25, 0.3) is 0 Å². The first-order valence-corrected chi connectivity index (χ1v) is 7.99. The number of hydrogen-bond donors (Lipinski definition) is 3. The van der Waals surface area contributed by atoms with E-state index in [4.69, 9.17) is 19.8 Å². The summed E-state index contributed by atoms with van der Waals surface area (Å²) in [5, 5.41) is 17.3. The van der Waals surface area contributed by atoms with Crippen molar-refractivity contribution in [1.29, 1.82) is 0 Å². The van der Waals surface area contributed by atoms with Gasteiger partial charge in [0.2, 0.25) is 5.83 Å². The molecule has 29 heavy (non-hydrogen) atoms. The smallest absolute Gasteiger partial charge is 0.366 e. The lowest BCUT2D eigenvalue weighted by Crippen LogP contribution is -2.32. The normalized spacial score (nSPS) is 21.0.